The fraction of sp³-hybridized carbons (Fsp3) is 0.417. The number of nitrogens with zero attached hydrogens (tertiary/aromatic N) is 2. The quantitative estimate of drug-likeness (QED) is 0.889. The highest BCUT2D eigenvalue weighted by Crippen LogP contribution is 2.21. The van der Waals surface area contributed by atoms with Crippen molar-refractivity contribution in [2.24, 2.45) is 0 Å². The van der Waals surface area contributed by atoms with Crippen molar-refractivity contribution in [2.75, 3.05) is 6.54 Å². The van der Waals surface area contributed by atoms with Crippen LogP contribution in [0.4, 0.5) is 0 Å². The van der Waals surface area contributed by atoms with Crippen LogP contribution in [-0.2, 0) is 17.6 Å². The zero-order valence-corrected chi connectivity index (χ0v) is 12.1. The molecule has 102 valence electrons. The van der Waals surface area contributed by atoms with Crippen LogP contribution in [0, 0.1) is 6.92 Å². The number of carbonyl (C=O) groups excluding carboxylic acids is 1. The number of thiophene rings is 1. The van der Waals surface area contributed by atoms with E-state index in [4.69, 9.17) is 16.1 Å². The number of halogens is 1. The van der Waals surface area contributed by atoms with E-state index in [0.717, 1.165) is 15.6 Å². The molecule has 0 atom stereocenters. The van der Waals surface area contributed by atoms with E-state index in [1.807, 2.05) is 12.1 Å². The van der Waals surface area contributed by atoms with Crippen LogP contribution in [0.3, 0.4) is 0 Å². The van der Waals surface area contributed by atoms with Crippen LogP contribution in [0.25, 0.3) is 0 Å². The Bertz CT molecular complexity index is 553. The van der Waals surface area contributed by atoms with Gasteiger partial charge in [-0.05, 0) is 25.5 Å². The standard InChI is InChI=1S/C12H14ClN3O2S/c1-8-15-12(18-16-8)5-4-11(17)14-7-6-9-2-3-10(13)19-9/h2-3H,4-7H2,1H3,(H,14,17). The third-order valence-corrected chi connectivity index (χ3v) is 3.75. The van der Waals surface area contributed by atoms with Crippen molar-refractivity contribution in [3.63, 3.8) is 0 Å². The summed E-state index contributed by atoms with van der Waals surface area (Å²) in [5, 5.41) is 6.52. The van der Waals surface area contributed by atoms with Gasteiger partial charge in [-0.3, -0.25) is 4.79 Å². The third-order valence-electron chi connectivity index (χ3n) is 2.46. The van der Waals surface area contributed by atoms with E-state index >= 15 is 0 Å². The first-order valence-electron chi connectivity index (χ1n) is 5.93. The fourth-order valence-electron chi connectivity index (χ4n) is 1.56. The lowest BCUT2D eigenvalue weighted by atomic mass is 10.3. The van der Waals surface area contributed by atoms with Gasteiger partial charge in [0.2, 0.25) is 11.8 Å². The van der Waals surface area contributed by atoms with Crippen LogP contribution in [0.15, 0.2) is 16.7 Å². The summed E-state index contributed by atoms with van der Waals surface area (Å²) >= 11 is 7.36. The average Bonchev–Trinajstić information content (AvgIpc) is 2.96. The first-order valence-corrected chi connectivity index (χ1v) is 7.13. The van der Waals surface area contributed by atoms with Crippen molar-refractivity contribution in [1.29, 1.82) is 0 Å². The van der Waals surface area contributed by atoms with Crippen molar-refractivity contribution in [1.82, 2.24) is 15.5 Å². The van der Waals surface area contributed by atoms with Crippen LogP contribution >= 0.6 is 22.9 Å². The molecule has 19 heavy (non-hydrogen) atoms. The fourth-order valence-corrected chi connectivity index (χ4v) is 2.65. The van der Waals surface area contributed by atoms with E-state index in [9.17, 15) is 4.79 Å². The van der Waals surface area contributed by atoms with Crippen molar-refractivity contribution in [3.8, 4) is 0 Å². The molecule has 0 aromatic carbocycles. The number of aryl methyl sites for hydroxylation is 2. The van der Waals surface area contributed by atoms with E-state index in [1.54, 1.807) is 6.92 Å². The topological polar surface area (TPSA) is 68.0 Å². The van der Waals surface area contributed by atoms with Crippen LogP contribution in [0.5, 0.6) is 0 Å². The third kappa shape index (κ3) is 4.65. The Morgan fingerprint density at radius 1 is 1.47 bits per heavy atom. The summed E-state index contributed by atoms with van der Waals surface area (Å²) in [5.41, 5.74) is 0. The molecule has 0 unspecified atom stereocenters. The monoisotopic (exact) mass is 299 g/mol. The molecule has 1 N–H and O–H groups in total. The lowest BCUT2D eigenvalue weighted by Crippen LogP contribution is -2.25. The van der Waals surface area contributed by atoms with Gasteiger partial charge < -0.3 is 9.84 Å². The smallest absolute Gasteiger partial charge is 0.227 e. The van der Waals surface area contributed by atoms with Crippen LogP contribution < -0.4 is 5.32 Å². The lowest BCUT2D eigenvalue weighted by Gasteiger charge is -2.02. The molecule has 0 aliphatic rings. The molecule has 0 radical (unpaired) electrons. The van der Waals surface area contributed by atoms with E-state index in [0.29, 0.717) is 31.1 Å². The molecular weight excluding hydrogens is 286 g/mol. The van der Waals surface area contributed by atoms with Gasteiger partial charge in [0, 0.05) is 24.3 Å². The molecule has 0 aliphatic carbocycles. The number of nitrogens with one attached hydrogen (secondary N) is 1. The van der Waals surface area contributed by atoms with E-state index in [-0.39, 0.29) is 5.91 Å². The molecule has 0 saturated carbocycles. The highest BCUT2D eigenvalue weighted by molar-refractivity contribution is 7.16. The highest BCUT2D eigenvalue weighted by Gasteiger charge is 2.07. The summed E-state index contributed by atoms with van der Waals surface area (Å²) < 4.78 is 5.71. The van der Waals surface area contributed by atoms with Gasteiger partial charge >= 0.3 is 0 Å². The van der Waals surface area contributed by atoms with E-state index in [2.05, 4.69) is 15.5 Å². The van der Waals surface area contributed by atoms with Crippen molar-refractivity contribution >= 4 is 28.8 Å². The average molecular weight is 300 g/mol. The number of aromatic nitrogens is 2. The molecule has 2 aromatic rings. The lowest BCUT2D eigenvalue weighted by molar-refractivity contribution is -0.121. The molecular formula is C12H14ClN3O2S. The zero-order chi connectivity index (χ0) is 13.7. The Morgan fingerprint density at radius 2 is 2.32 bits per heavy atom. The van der Waals surface area contributed by atoms with Gasteiger partial charge in [0.25, 0.3) is 0 Å². The molecule has 7 heteroatoms. The molecule has 5 nitrogen and oxygen atoms in total. The molecule has 0 fully saturated rings. The van der Waals surface area contributed by atoms with Gasteiger partial charge in [-0.1, -0.05) is 16.8 Å². The predicted molar refractivity (Wildman–Crippen MR) is 73.4 cm³/mol. The van der Waals surface area contributed by atoms with E-state index in [1.165, 1.54) is 11.3 Å². The van der Waals surface area contributed by atoms with Crippen molar-refractivity contribution < 1.29 is 9.32 Å². The Balaban J connectivity index is 1.64. The largest absolute Gasteiger partial charge is 0.356 e. The number of rotatable bonds is 6. The highest BCUT2D eigenvalue weighted by atomic mass is 35.5. The second-order valence-corrected chi connectivity index (χ2v) is 5.84. The molecule has 2 rings (SSSR count). The minimum absolute atomic E-state index is 0.0153. The Labute approximate surface area is 120 Å². The zero-order valence-electron chi connectivity index (χ0n) is 10.5. The molecule has 0 bridgehead atoms. The van der Waals surface area contributed by atoms with Crippen molar-refractivity contribution in [3.05, 3.63) is 33.1 Å². The summed E-state index contributed by atoms with van der Waals surface area (Å²) in [5.74, 6) is 1.07. The van der Waals surface area contributed by atoms with E-state index < -0.39 is 0 Å². The first kappa shape index (κ1) is 14.0. The van der Waals surface area contributed by atoms with Gasteiger partial charge in [0.05, 0.1) is 4.34 Å². The summed E-state index contributed by atoms with van der Waals surface area (Å²) in [4.78, 5) is 16.8. The molecule has 1 amide bonds. The summed E-state index contributed by atoms with van der Waals surface area (Å²) in [6.07, 6.45) is 1.62. The summed E-state index contributed by atoms with van der Waals surface area (Å²) in [7, 11) is 0. The second kappa shape index (κ2) is 6.68. The van der Waals surface area contributed by atoms with Gasteiger partial charge in [0.15, 0.2) is 5.82 Å². The number of amides is 1. The predicted octanol–water partition coefficient (Wildman–Crippen LogP) is 2.38. The Morgan fingerprint density at radius 3 is 2.95 bits per heavy atom. The normalized spacial score (nSPS) is 10.6. The second-order valence-electron chi connectivity index (χ2n) is 4.04. The van der Waals surface area contributed by atoms with Gasteiger partial charge in [0.1, 0.15) is 0 Å². The molecule has 2 aromatic heterocycles. The van der Waals surface area contributed by atoms with Crippen LogP contribution in [0.1, 0.15) is 23.0 Å². The summed E-state index contributed by atoms with van der Waals surface area (Å²) in [6, 6.07) is 3.83. The minimum Gasteiger partial charge on any atom is -0.356 e. The molecule has 2 heterocycles. The summed E-state index contributed by atoms with van der Waals surface area (Å²) in [6.45, 7) is 2.36. The maximum Gasteiger partial charge on any atom is 0.227 e. The number of hydrogen-bond donors (Lipinski definition) is 1. The molecule has 0 aliphatic heterocycles. The SMILES string of the molecule is Cc1noc(CCC(=O)NCCc2ccc(Cl)s2)n1. The minimum atomic E-state index is -0.0153. The number of hydrogen-bond acceptors (Lipinski definition) is 5. The van der Waals surface area contributed by atoms with Gasteiger partial charge in [-0.25, -0.2) is 0 Å². The maximum atomic E-state index is 11.6. The molecule has 0 saturated heterocycles. The molecule has 0 spiro atoms. The maximum absolute atomic E-state index is 11.6. The van der Waals surface area contributed by atoms with Gasteiger partial charge in [-0.15, -0.1) is 11.3 Å². The Kier molecular flexibility index (Phi) is 4.93. The number of carbonyl (C=O) groups is 1. The Hall–Kier alpha value is -1.40. The van der Waals surface area contributed by atoms with Crippen LogP contribution in [-0.4, -0.2) is 22.6 Å². The van der Waals surface area contributed by atoms with Crippen LogP contribution in [0.2, 0.25) is 4.34 Å². The van der Waals surface area contributed by atoms with Crippen molar-refractivity contribution in [2.45, 2.75) is 26.2 Å². The first-order chi connectivity index (χ1) is 9.13. The van der Waals surface area contributed by atoms with Gasteiger partial charge in [-0.2, -0.15) is 4.98 Å².